The average molecular weight is 341 g/mol. The molecule has 0 bridgehead atoms. The predicted molar refractivity (Wildman–Crippen MR) is 90.8 cm³/mol. The molecule has 1 saturated heterocycles. The molecule has 5 nitrogen and oxygen atoms in total. The van der Waals surface area contributed by atoms with Gasteiger partial charge in [0.2, 0.25) is 0 Å². The van der Waals surface area contributed by atoms with Gasteiger partial charge in [-0.2, -0.15) is 0 Å². The molecule has 1 aromatic carbocycles. The van der Waals surface area contributed by atoms with Gasteiger partial charge in [0.15, 0.2) is 0 Å². The number of carbonyl (C=O) groups is 1. The van der Waals surface area contributed by atoms with Crippen LogP contribution in [0.1, 0.15) is 52.9 Å². The Morgan fingerprint density at radius 3 is 2.70 bits per heavy atom. The number of β-amino-alcohol motifs (C(OH)–C–C–N with tert-alkyl or cyclic N) is 1. The van der Waals surface area contributed by atoms with Crippen molar-refractivity contribution in [2.24, 2.45) is 5.73 Å². The van der Waals surface area contributed by atoms with E-state index in [2.05, 4.69) is 11.8 Å². The number of piperidine rings is 1. The van der Waals surface area contributed by atoms with Gasteiger partial charge in [-0.1, -0.05) is 6.07 Å². The highest BCUT2D eigenvalue weighted by molar-refractivity contribution is 5.93. The number of cyclic esters (lactones) is 1. The van der Waals surface area contributed by atoms with Gasteiger partial charge >= 0.3 is 5.97 Å². The number of aliphatic hydroxyl groups is 1. The summed E-state index contributed by atoms with van der Waals surface area (Å²) in [5, 5.41) is 10.6. The third kappa shape index (κ3) is 3.69. The molecule has 3 N–H and O–H groups in total. The molecule has 0 radical (unpaired) electrons. The van der Waals surface area contributed by atoms with E-state index < -0.39 is 6.10 Å². The van der Waals surface area contributed by atoms with Crippen LogP contribution in [-0.2, 0) is 11.3 Å². The lowest BCUT2D eigenvalue weighted by molar-refractivity contribution is 0.0535. The number of hydrogen-bond acceptors (Lipinski definition) is 5. The second-order valence-electron chi connectivity index (χ2n) is 6.85. The molecule has 0 amide bonds. The number of esters is 1. The van der Waals surface area contributed by atoms with Crippen molar-refractivity contribution >= 4 is 18.4 Å². The quantitative estimate of drug-likeness (QED) is 0.822. The monoisotopic (exact) mass is 340 g/mol. The van der Waals surface area contributed by atoms with Crippen molar-refractivity contribution in [3.8, 4) is 0 Å². The highest BCUT2D eigenvalue weighted by atomic mass is 35.5. The first kappa shape index (κ1) is 18.2. The van der Waals surface area contributed by atoms with Gasteiger partial charge in [0.25, 0.3) is 0 Å². The molecule has 1 aromatic rings. The fraction of sp³-hybridized carbons (Fsp3) is 0.588. The highest BCUT2D eigenvalue weighted by Gasteiger charge is 2.29. The van der Waals surface area contributed by atoms with E-state index in [4.69, 9.17) is 10.5 Å². The molecule has 2 aliphatic heterocycles. The van der Waals surface area contributed by atoms with Crippen LogP contribution in [0.5, 0.6) is 0 Å². The molecule has 3 rings (SSSR count). The zero-order valence-corrected chi connectivity index (χ0v) is 14.5. The topological polar surface area (TPSA) is 75.8 Å². The van der Waals surface area contributed by atoms with Gasteiger partial charge < -0.3 is 20.5 Å². The average Bonchev–Trinajstić information content (AvgIpc) is 2.84. The molecule has 128 valence electrons. The second-order valence-corrected chi connectivity index (χ2v) is 6.85. The number of hydrogen-bond donors (Lipinski definition) is 2. The predicted octanol–water partition coefficient (Wildman–Crippen LogP) is 1.93. The van der Waals surface area contributed by atoms with Crippen molar-refractivity contribution < 1.29 is 14.6 Å². The maximum absolute atomic E-state index is 11.6. The Morgan fingerprint density at radius 1 is 1.39 bits per heavy atom. The van der Waals surface area contributed by atoms with E-state index >= 15 is 0 Å². The zero-order valence-electron chi connectivity index (χ0n) is 13.7. The molecule has 0 aliphatic carbocycles. The molecule has 23 heavy (non-hydrogen) atoms. The number of nitrogens with two attached hydrogens (primary N) is 1. The van der Waals surface area contributed by atoms with Crippen LogP contribution < -0.4 is 5.73 Å². The Morgan fingerprint density at radius 2 is 2.04 bits per heavy atom. The number of halogens is 1. The largest absolute Gasteiger partial charge is 0.457 e. The number of carbonyl (C=O) groups excluding carboxylic acids is 1. The molecule has 0 saturated carbocycles. The van der Waals surface area contributed by atoms with Crippen LogP contribution in [0.15, 0.2) is 12.1 Å². The number of rotatable bonds is 3. The van der Waals surface area contributed by atoms with Crippen LogP contribution in [0, 0.1) is 6.92 Å². The Kier molecular flexibility index (Phi) is 5.36. The minimum atomic E-state index is -0.553. The fourth-order valence-corrected chi connectivity index (χ4v) is 3.32. The number of nitrogens with zero attached hydrogens (tertiary/aromatic N) is 1. The van der Waals surface area contributed by atoms with Crippen molar-refractivity contribution in [1.82, 2.24) is 4.90 Å². The lowest BCUT2D eigenvalue weighted by atomic mass is 9.90. The number of benzene rings is 1. The Hall–Kier alpha value is -1.14. The van der Waals surface area contributed by atoms with E-state index in [0.29, 0.717) is 18.7 Å². The summed E-state index contributed by atoms with van der Waals surface area (Å²) in [6, 6.07) is 3.62. The number of likely N-dealkylation sites (tertiary alicyclic amines) is 1. The van der Waals surface area contributed by atoms with Crippen LogP contribution in [-0.4, -0.2) is 41.1 Å². The molecule has 0 aromatic heterocycles. The third-order valence-corrected chi connectivity index (χ3v) is 5.00. The van der Waals surface area contributed by atoms with E-state index in [1.807, 2.05) is 13.0 Å². The molecule has 2 heterocycles. The molecule has 1 fully saturated rings. The summed E-state index contributed by atoms with van der Waals surface area (Å²) >= 11 is 0. The Balaban J connectivity index is 0.00000192. The van der Waals surface area contributed by atoms with Crippen molar-refractivity contribution in [1.29, 1.82) is 0 Å². The van der Waals surface area contributed by atoms with E-state index in [0.717, 1.165) is 42.6 Å². The first-order chi connectivity index (χ1) is 10.4. The van der Waals surface area contributed by atoms with E-state index in [-0.39, 0.29) is 23.9 Å². The number of aliphatic hydroxyl groups excluding tert-OH is 1. The molecule has 0 spiro atoms. The van der Waals surface area contributed by atoms with Crippen LogP contribution in [0.4, 0.5) is 0 Å². The van der Waals surface area contributed by atoms with E-state index in [9.17, 15) is 9.90 Å². The maximum Gasteiger partial charge on any atom is 0.338 e. The van der Waals surface area contributed by atoms with E-state index in [1.54, 1.807) is 6.07 Å². The smallest absolute Gasteiger partial charge is 0.338 e. The van der Waals surface area contributed by atoms with Gasteiger partial charge in [0, 0.05) is 17.6 Å². The lowest BCUT2D eigenvalue weighted by Crippen LogP contribution is -2.49. The van der Waals surface area contributed by atoms with Crippen molar-refractivity contribution in [3.05, 3.63) is 34.4 Å². The highest BCUT2D eigenvalue weighted by Crippen LogP contribution is 2.30. The van der Waals surface area contributed by atoms with Crippen LogP contribution in [0.2, 0.25) is 0 Å². The molecule has 1 atom stereocenters. The van der Waals surface area contributed by atoms with Gasteiger partial charge in [-0.3, -0.25) is 0 Å². The molecule has 6 heteroatoms. The molecule has 2 aliphatic rings. The van der Waals surface area contributed by atoms with Crippen molar-refractivity contribution in [3.63, 3.8) is 0 Å². The summed E-state index contributed by atoms with van der Waals surface area (Å²) in [6.07, 6.45) is 1.35. The van der Waals surface area contributed by atoms with Crippen LogP contribution in [0.25, 0.3) is 0 Å². The summed E-state index contributed by atoms with van der Waals surface area (Å²) in [7, 11) is 0. The third-order valence-electron chi connectivity index (χ3n) is 5.00. The van der Waals surface area contributed by atoms with Crippen LogP contribution in [0.3, 0.4) is 0 Å². The summed E-state index contributed by atoms with van der Waals surface area (Å²) in [6.45, 7) is 6.78. The van der Waals surface area contributed by atoms with Crippen molar-refractivity contribution in [2.75, 3.05) is 19.6 Å². The van der Waals surface area contributed by atoms with Gasteiger partial charge in [-0.15, -0.1) is 12.4 Å². The fourth-order valence-electron chi connectivity index (χ4n) is 3.32. The summed E-state index contributed by atoms with van der Waals surface area (Å²) in [4.78, 5) is 13.8. The van der Waals surface area contributed by atoms with E-state index in [1.165, 1.54) is 0 Å². The van der Waals surface area contributed by atoms with Gasteiger partial charge in [0.05, 0.1) is 11.7 Å². The van der Waals surface area contributed by atoms with Crippen LogP contribution >= 0.6 is 12.4 Å². The first-order valence-corrected chi connectivity index (χ1v) is 7.86. The SMILES string of the molecule is Cc1c(C(O)CN2CCC(C)(N)CC2)ccc2c1COC2=O.Cl. The minimum absolute atomic E-state index is 0. The minimum Gasteiger partial charge on any atom is -0.457 e. The van der Waals surface area contributed by atoms with Crippen molar-refractivity contribution in [2.45, 2.75) is 44.9 Å². The molecule has 1 unspecified atom stereocenters. The molecular weight excluding hydrogens is 316 g/mol. The Labute approximate surface area is 143 Å². The molecular formula is C17H25ClN2O3. The summed E-state index contributed by atoms with van der Waals surface area (Å²) in [5.74, 6) is -0.266. The number of fused-ring (bicyclic) bond motifs is 1. The van der Waals surface area contributed by atoms with Gasteiger partial charge in [-0.25, -0.2) is 4.79 Å². The standard InChI is InChI=1S/C17H24N2O3.ClH/c1-11-12(3-4-13-14(11)10-22-16(13)21)15(20)9-19-7-5-17(2,18)6-8-19;/h3-4,15,20H,5-10,18H2,1-2H3;1H. The maximum atomic E-state index is 11.6. The number of ether oxygens (including phenoxy) is 1. The first-order valence-electron chi connectivity index (χ1n) is 7.86. The van der Waals surface area contributed by atoms with Gasteiger partial charge in [-0.05, 0) is 57.0 Å². The summed E-state index contributed by atoms with van der Waals surface area (Å²) < 4.78 is 5.07. The summed E-state index contributed by atoms with van der Waals surface area (Å²) in [5.41, 5.74) is 9.46. The lowest BCUT2D eigenvalue weighted by Gasteiger charge is -2.37. The second kappa shape index (κ2) is 6.77. The Bertz CT molecular complexity index is 594. The zero-order chi connectivity index (χ0) is 15.9. The normalized spacial score (nSPS) is 21.3. The van der Waals surface area contributed by atoms with Gasteiger partial charge in [0.1, 0.15) is 6.61 Å².